The van der Waals surface area contributed by atoms with Crippen LogP contribution in [0.3, 0.4) is 0 Å². The minimum absolute atomic E-state index is 0.259. The van der Waals surface area contributed by atoms with Gasteiger partial charge >= 0.3 is 0 Å². The molecule has 0 spiro atoms. The molecular formula is C15H14BrClFN. The minimum Gasteiger partial charge on any atom is -0.321 e. The third-order valence-electron chi connectivity index (χ3n) is 3.07. The smallest absolute Gasteiger partial charge is 0.123 e. The second kappa shape index (κ2) is 5.61. The maximum absolute atomic E-state index is 13.3. The van der Waals surface area contributed by atoms with Gasteiger partial charge in [0.2, 0.25) is 0 Å². The summed E-state index contributed by atoms with van der Waals surface area (Å²) < 4.78 is 14.2. The number of hydrogen-bond acceptors (Lipinski definition) is 1. The molecule has 0 saturated heterocycles. The van der Waals surface area contributed by atoms with Crippen molar-refractivity contribution in [3.8, 4) is 0 Å². The van der Waals surface area contributed by atoms with Crippen LogP contribution in [0.25, 0.3) is 0 Å². The molecule has 100 valence electrons. The molecule has 0 radical (unpaired) electrons. The zero-order chi connectivity index (χ0) is 14.0. The van der Waals surface area contributed by atoms with Crippen molar-refractivity contribution in [2.75, 3.05) is 0 Å². The van der Waals surface area contributed by atoms with Crippen LogP contribution in [0.2, 0.25) is 5.02 Å². The average molecular weight is 343 g/mol. The first-order chi connectivity index (χ1) is 8.88. The molecule has 0 aliphatic carbocycles. The van der Waals surface area contributed by atoms with Gasteiger partial charge in [0.25, 0.3) is 0 Å². The predicted octanol–water partition coefficient (Wildman–Crippen LogP) is 4.66. The summed E-state index contributed by atoms with van der Waals surface area (Å²) in [6, 6.07) is 12.0. The van der Waals surface area contributed by atoms with Crippen molar-refractivity contribution in [3.63, 3.8) is 0 Å². The fraction of sp³-hybridized carbons (Fsp3) is 0.200. The van der Waals surface area contributed by atoms with E-state index in [2.05, 4.69) is 15.9 Å². The van der Waals surface area contributed by atoms with Crippen molar-refractivity contribution < 1.29 is 4.39 Å². The van der Waals surface area contributed by atoms with Gasteiger partial charge in [0.15, 0.2) is 0 Å². The highest BCUT2D eigenvalue weighted by Gasteiger charge is 2.23. The van der Waals surface area contributed by atoms with Gasteiger partial charge in [0.1, 0.15) is 5.82 Å². The van der Waals surface area contributed by atoms with Crippen molar-refractivity contribution in [2.24, 2.45) is 5.73 Å². The zero-order valence-electron chi connectivity index (χ0n) is 10.5. The highest BCUT2D eigenvalue weighted by atomic mass is 79.9. The van der Waals surface area contributed by atoms with E-state index in [0.29, 0.717) is 11.4 Å². The Morgan fingerprint density at radius 2 is 1.84 bits per heavy atom. The molecule has 2 aromatic rings. The first kappa shape index (κ1) is 14.5. The lowest BCUT2D eigenvalue weighted by atomic mass is 9.86. The molecule has 0 bridgehead atoms. The summed E-state index contributed by atoms with van der Waals surface area (Å²) >= 11 is 9.29. The normalized spacial score (nSPS) is 14.2. The standard InChI is InChI=1S/C15H14BrClFN/c1-15(19,11-2-4-12(17)5-3-11)9-10-8-13(18)6-7-14(10)16/h2-8H,9,19H2,1H3. The Bertz CT molecular complexity index is 581. The monoisotopic (exact) mass is 341 g/mol. The Morgan fingerprint density at radius 1 is 1.21 bits per heavy atom. The Balaban J connectivity index is 2.30. The van der Waals surface area contributed by atoms with Crippen LogP contribution in [0.15, 0.2) is 46.9 Å². The third kappa shape index (κ3) is 3.56. The molecule has 0 saturated carbocycles. The first-order valence-corrected chi connectivity index (χ1v) is 7.04. The van der Waals surface area contributed by atoms with Crippen LogP contribution in [0.5, 0.6) is 0 Å². The van der Waals surface area contributed by atoms with Crippen LogP contribution < -0.4 is 5.73 Å². The second-order valence-corrected chi connectivity index (χ2v) is 6.13. The summed E-state index contributed by atoms with van der Waals surface area (Å²) in [5, 5.41) is 0.673. The van der Waals surface area contributed by atoms with E-state index in [0.717, 1.165) is 15.6 Å². The van der Waals surface area contributed by atoms with Crippen LogP contribution in [0.4, 0.5) is 4.39 Å². The molecule has 1 nitrogen and oxygen atoms in total. The Labute approximate surface area is 125 Å². The summed E-state index contributed by atoms with van der Waals surface area (Å²) in [4.78, 5) is 0. The molecule has 0 aromatic heterocycles. The van der Waals surface area contributed by atoms with Gasteiger partial charge < -0.3 is 5.73 Å². The van der Waals surface area contributed by atoms with E-state index in [4.69, 9.17) is 17.3 Å². The molecule has 1 atom stereocenters. The molecule has 0 aliphatic rings. The lowest BCUT2D eigenvalue weighted by molar-refractivity contribution is 0.488. The number of hydrogen-bond donors (Lipinski definition) is 1. The summed E-state index contributed by atoms with van der Waals surface area (Å²) in [5.41, 5.74) is 7.58. The van der Waals surface area contributed by atoms with Gasteiger partial charge in [-0.25, -0.2) is 4.39 Å². The molecule has 2 aromatic carbocycles. The van der Waals surface area contributed by atoms with Gasteiger partial charge in [-0.05, 0) is 54.8 Å². The van der Waals surface area contributed by atoms with Crippen molar-refractivity contribution in [2.45, 2.75) is 18.9 Å². The lowest BCUT2D eigenvalue weighted by Crippen LogP contribution is -2.35. The maximum atomic E-state index is 13.3. The van der Waals surface area contributed by atoms with E-state index >= 15 is 0 Å². The van der Waals surface area contributed by atoms with Crippen LogP contribution >= 0.6 is 27.5 Å². The minimum atomic E-state index is -0.582. The van der Waals surface area contributed by atoms with E-state index in [-0.39, 0.29) is 5.82 Å². The molecule has 19 heavy (non-hydrogen) atoms. The quantitative estimate of drug-likeness (QED) is 0.862. The highest BCUT2D eigenvalue weighted by Crippen LogP contribution is 2.28. The molecule has 0 fully saturated rings. The van der Waals surface area contributed by atoms with Gasteiger partial charge in [-0.1, -0.05) is 39.7 Å². The Kier molecular flexibility index (Phi) is 4.29. The molecule has 0 heterocycles. The van der Waals surface area contributed by atoms with Crippen LogP contribution in [-0.4, -0.2) is 0 Å². The molecular weight excluding hydrogens is 329 g/mol. The number of nitrogens with two attached hydrogens (primary N) is 1. The van der Waals surface area contributed by atoms with Crippen molar-refractivity contribution in [1.29, 1.82) is 0 Å². The number of halogens is 3. The van der Waals surface area contributed by atoms with E-state index < -0.39 is 5.54 Å². The summed E-state index contributed by atoms with van der Waals surface area (Å²) in [6.07, 6.45) is 0.535. The third-order valence-corrected chi connectivity index (χ3v) is 4.09. The molecule has 4 heteroatoms. The number of benzene rings is 2. The van der Waals surface area contributed by atoms with E-state index in [1.54, 1.807) is 6.07 Å². The maximum Gasteiger partial charge on any atom is 0.123 e. The van der Waals surface area contributed by atoms with Crippen molar-refractivity contribution in [1.82, 2.24) is 0 Å². The summed E-state index contributed by atoms with van der Waals surface area (Å²) in [7, 11) is 0. The van der Waals surface area contributed by atoms with E-state index in [1.807, 2.05) is 31.2 Å². The molecule has 1 unspecified atom stereocenters. The van der Waals surface area contributed by atoms with Crippen molar-refractivity contribution in [3.05, 3.63) is 68.9 Å². The zero-order valence-corrected chi connectivity index (χ0v) is 12.8. The van der Waals surface area contributed by atoms with Crippen LogP contribution in [-0.2, 0) is 12.0 Å². The topological polar surface area (TPSA) is 26.0 Å². The largest absolute Gasteiger partial charge is 0.321 e. The van der Waals surface area contributed by atoms with Gasteiger partial charge in [-0.15, -0.1) is 0 Å². The van der Waals surface area contributed by atoms with Gasteiger partial charge in [-0.3, -0.25) is 0 Å². The average Bonchev–Trinajstić information content (AvgIpc) is 2.34. The lowest BCUT2D eigenvalue weighted by Gasteiger charge is -2.26. The number of rotatable bonds is 3. The van der Waals surface area contributed by atoms with Gasteiger partial charge in [0.05, 0.1) is 0 Å². The van der Waals surface area contributed by atoms with Crippen LogP contribution in [0.1, 0.15) is 18.1 Å². The first-order valence-electron chi connectivity index (χ1n) is 5.87. The predicted molar refractivity (Wildman–Crippen MR) is 80.8 cm³/mol. The second-order valence-electron chi connectivity index (χ2n) is 4.84. The summed E-state index contributed by atoms with van der Waals surface area (Å²) in [5.74, 6) is -0.259. The fourth-order valence-electron chi connectivity index (χ4n) is 2.01. The Morgan fingerprint density at radius 3 is 2.47 bits per heavy atom. The van der Waals surface area contributed by atoms with Gasteiger partial charge in [-0.2, -0.15) is 0 Å². The van der Waals surface area contributed by atoms with Gasteiger partial charge in [0, 0.05) is 15.0 Å². The van der Waals surface area contributed by atoms with Crippen LogP contribution in [0, 0.1) is 5.82 Å². The molecule has 2 rings (SSSR count). The van der Waals surface area contributed by atoms with E-state index in [9.17, 15) is 4.39 Å². The van der Waals surface area contributed by atoms with E-state index in [1.165, 1.54) is 12.1 Å². The highest BCUT2D eigenvalue weighted by molar-refractivity contribution is 9.10. The van der Waals surface area contributed by atoms with Crippen molar-refractivity contribution >= 4 is 27.5 Å². The SMILES string of the molecule is CC(N)(Cc1cc(F)ccc1Br)c1ccc(Cl)cc1. The molecule has 0 aliphatic heterocycles. The summed E-state index contributed by atoms with van der Waals surface area (Å²) in [6.45, 7) is 1.92. The molecule has 0 amide bonds. The Hall–Kier alpha value is -0.900. The fourth-order valence-corrected chi connectivity index (χ4v) is 2.52. The molecule has 2 N–H and O–H groups in total.